The molecular weight excluding hydrogens is 392 g/mol. The highest BCUT2D eigenvalue weighted by Crippen LogP contribution is 2.15. The predicted molar refractivity (Wildman–Crippen MR) is 124 cm³/mol. The molecule has 3 atom stereocenters. The van der Waals surface area contributed by atoms with Crippen LogP contribution in [0.4, 0.5) is 0 Å². The fourth-order valence-corrected chi connectivity index (χ4v) is 4.11. The van der Waals surface area contributed by atoms with Gasteiger partial charge in [0.05, 0.1) is 31.5 Å². The van der Waals surface area contributed by atoms with Crippen molar-refractivity contribution in [2.45, 2.75) is 65.0 Å². The maximum Gasteiger partial charge on any atom is 0.191 e. The van der Waals surface area contributed by atoms with Gasteiger partial charge in [0.1, 0.15) is 0 Å². The summed E-state index contributed by atoms with van der Waals surface area (Å²) in [7, 11) is 0. The minimum Gasteiger partial charge on any atom is -0.379 e. The smallest absolute Gasteiger partial charge is 0.191 e. The molecule has 7 nitrogen and oxygen atoms in total. The monoisotopic (exact) mass is 432 g/mol. The van der Waals surface area contributed by atoms with Crippen LogP contribution in [0.1, 0.15) is 44.7 Å². The summed E-state index contributed by atoms with van der Waals surface area (Å²) < 4.78 is 17.0. The minimum atomic E-state index is 0.278. The average molecular weight is 433 g/mol. The third-order valence-electron chi connectivity index (χ3n) is 5.54. The topological polar surface area (TPSA) is 67.4 Å². The van der Waals surface area contributed by atoms with Crippen LogP contribution in [-0.4, -0.2) is 75.2 Å². The Labute approximate surface area is 187 Å². The largest absolute Gasteiger partial charge is 0.379 e. The number of hydrogen-bond acceptors (Lipinski definition) is 5. The Morgan fingerprint density at radius 1 is 1.13 bits per heavy atom. The first kappa shape index (κ1) is 24.0. The molecule has 2 saturated heterocycles. The minimum absolute atomic E-state index is 0.278. The van der Waals surface area contributed by atoms with Gasteiger partial charge >= 0.3 is 0 Å². The van der Waals surface area contributed by atoms with Gasteiger partial charge < -0.3 is 24.8 Å². The van der Waals surface area contributed by atoms with Crippen molar-refractivity contribution in [1.82, 2.24) is 15.5 Å². The van der Waals surface area contributed by atoms with Crippen molar-refractivity contribution in [2.75, 3.05) is 46.0 Å². The number of ether oxygens (including phenoxy) is 3. The second kappa shape index (κ2) is 13.0. The van der Waals surface area contributed by atoms with Gasteiger partial charge in [-0.3, -0.25) is 4.90 Å². The van der Waals surface area contributed by atoms with Gasteiger partial charge in [0, 0.05) is 45.9 Å². The van der Waals surface area contributed by atoms with Gasteiger partial charge in [-0.05, 0) is 44.7 Å². The second-order valence-corrected chi connectivity index (χ2v) is 8.60. The molecule has 2 heterocycles. The number of benzene rings is 1. The van der Waals surface area contributed by atoms with Crippen LogP contribution < -0.4 is 10.6 Å². The normalized spacial score (nSPS) is 25.0. The maximum absolute atomic E-state index is 5.83. The summed E-state index contributed by atoms with van der Waals surface area (Å²) in [6.07, 6.45) is 2.85. The molecule has 0 aliphatic carbocycles. The number of guanidine groups is 1. The van der Waals surface area contributed by atoms with Gasteiger partial charge in [-0.2, -0.15) is 0 Å². The van der Waals surface area contributed by atoms with Crippen LogP contribution in [0.3, 0.4) is 0 Å². The third-order valence-corrected chi connectivity index (χ3v) is 5.54. The molecule has 0 bridgehead atoms. The van der Waals surface area contributed by atoms with Crippen molar-refractivity contribution in [3.05, 3.63) is 35.4 Å². The van der Waals surface area contributed by atoms with Gasteiger partial charge in [0.25, 0.3) is 0 Å². The van der Waals surface area contributed by atoms with E-state index in [2.05, 4.69) is 60.6 Å². The third kappa shape index (κ3) is 8.77. The number of nitrogens with one attached hydrogen (secondary N) is 2. The van der Waals surface area contributed by atoms with E-state index in [1.807, 2.05) is 0 Å². The van der Waals surface area contributed by atoms with Gasteiger partial charge in [-0.1, -0.05) is 24.3 Å². The molecule has 0 radical (unpaired) electrons. The Balaban J connectivity index is 1.39. The van der Waals surface area contributed by atoms with Crippen molar-refractivity contribution in [1.29, 1.82) is 0 Å². The van der Waals surface area contributed by atoms with E-state index in [4.69, 9.17) is 19.2 Å². The molecule has 1 aromatic carbocycles. The SMILES string of the molecule is CCNC(=NCc1ccc(CN2CC(C)OC(C)C2)cc1)NCCCOC1CCOC1. The van der Waals surface area contributed by atoms with Crippen molar-refractivity contribution in [2.24, 2.45) is 4.99 Å². The number of morpholine rings is 1. The molecule has 0 amide bonds. The van der Waals surface area contributed by atoms with E-state index in [1.165, 1.54) is 11.1 Å². The molecule has 31 heavy (non-hydrogen) atoms. The Morgan fingerprint density at radius 3 is 2.55 bits per heavy atom. The van der Waals surface area contributed by atoms with E-state index in [1.54, 1.807) is 0 Å². The standard InChI is InChI=1S/C24H40N4O3/c1-4-25-24(26-11-5-12-30-23-10-13-29-18-23)27-14-21-6-8-22(9-7-21)17-28-15-19(2)31-20(3)16-28/h6-9,19-20,23H,4-5,10-18H2,1-3H3,(H2,25,26,27). The van der Waals surface area contributed by atoms with Crippen molar-refractivity contribution < 1.29 is 14.2 Å². The predicted octanol–water partition coefficient (Wildman–Crippen LogP) is 2.55. The van der Waals surface area contributed by atoms with Crippen LogP contribution >= 0.6 is 0 Å². The first-order chi connectivity index (χ1) is 15.1. The van der Waals surface area contributed by atoms with E-state index in [9.17, 15) is 0 Å². The highest BCUT2D eigenvalue weighted by Gasteiger charge is 2.22. The Bertz CT molecular complexity index is 651. The Hall–Kier alpha value is -1.67. The van der Waals surface area contributed by atoms with Crippen molar-refractivity contribution in [3.8, 4) is 0 Å². The summed E-state index contributed by atoms with van der Waals surface area (Å²) >= 11 is 0. The van der Waals surface area contributed by atoms with Crippen LogP contribution in [0.25, 0.3) is 0 Å². The maximum atomic E-state index is 5.83. The van der Waals surface area contributed by atoms with Gasteiger partial charge in [0.15, 0.2) is 5.96 Å². The number of aliphatic imine (C=N–C) groups is 1. The Kier molecular flexibility index (Phi) is 10.1. The number of nitrogens with zero attached hydrogens (tertiary/aromatic N) is 2. The second-order valence-electron chi connectivity index (χ2n) is 8.60. The quantitative estimate of drug-likeness (QED) is 0.337. The lowest BCUT2D eigenvalue weighted by atomic mass is 10.1. The van der Waals surface area contributed by atoms with Gasteiger partial charge in [-0.25, -0.2) is 4.99 Å². The number of rotatable bonds is 10. The van der Waals surface area contributed by atoms with Gasteiger partial charge in [-0.15, -0.1) is 0 Å². The molecule has 2 fully saturated rings. The number of hydrogen-bond donors (Lipinski definition) is 2. The summed E-state index contributed by atoms with van der Waals surface area (Å²) in [4.78, 5) is 7.21. The molecule has 2 aliphatic heterocycles. The molecule has 1 aromatic rings. The fourth-order valence-electron chi connectivity index (χ4n) is 4.11. The lowest BCUT2D eigenvalue weighted by Crippen LogP contribution is -2.44. The molecule has 3 rings (SSSR count). The van der Waals surface area contributed by atoms with E-state index in [-0.39, 0.29) is 6.10 Å². The van der Waals surface area contributed by atoms with Crippen LogP contribution in [0, 0.1) is 0 Å². The summed E-state index contributed by atoms with van der Waals surface area (Å²) in [5.41, 5.74) is 2.56. The molecule has 0 spiro atoms. The van der Waals surface area contributed by atoms with E-state index in [0.29, 0.717) is 18.8 Å². The summed E-state index contributed by atoms with van der Waals surface area (Å²) in [6.45, 7) is 14.0. The molecule has 174 valence electrons. The average Bonchev–Trinajstić information content (AvgIpc) is 3.25. The molecule has 7 heteroatoms. The molecule has 2 N–H and O–H groups in total. The van der Waals surface area contributed by atoms with Gasteiger partial charge in [0.2, 0.25) is 0 Å². The summed E-state index contributed by atoms with van der Waals surface area (Å²) in [6, 6.07) is 8.82. The lowest BCUT2D eigenvalue weighted by molar-refractivity contribution is -0.0704. The highest BCUT2D eigenvalue weighted by atomic mass is 16.5. The van der Waals surface area contributed by atoms with Crippen LogP contribution in [0.2, 0.25) is 0 Å². The molecule has 0 aromatic heterocycles. The first-order valence-corrected chi connectivity index (χ1v) is 11.8. The van der Waals surface area contributed by atoms with E-state index in [0.717, 1.165) is 71.3 Å². The molecular formula is C24H40N4O3. The van der Waals surface area contributed by atoms with E-state index < -0.39 is 0 Å². The molecule has 2 aliphatic rings. The highest BCUT2D eigenvalue weighted by molar-refractivity contribution is 5.79. The first-order valence-electron chi connectivity index (χ1n) is 11.8. The fraction of sp³-hybridized carbons (Fsp3) is 0.708. The van der Waals surface area contributed by atoms with Crippen molar-refractivity contribution >= 4 is 5.96 Å². The van der Waals surface area contributed by atoms with Crippen LogP contribution in [-0.2, 0) is 27.3 Å². The van der Waals surface area contributed by atoms with Crippen LogP contribution in [0.15, 0.2) is 29.3 Å². The van der Waals surface area contributed by atoms with Crippen molar-refractivity contribution in [3.63, 3.8) is 0 Å². The Morgan fingerprint density at radius 2 is 1.87 bits per heavy atom. The summed E-state index contributed by atoms with van der Waals surface area (Å²) in [5.74, 6) is 0.854. The summed E-state index contributed by atoms with van der Waals surface area (Å²) in [5, 5.41) is 6.72. The zero-order valence-electron chi connectivity index (χ0n) is 19.4. The van der Waals surface area contributed by atoms with E-state index >= 15 is 0 Å². The molecule has 0 saturated carbocycles. The lowest BCUT2D eigenvalue weighted by Gasteiger charge is -2.35. The zero-order chi connectivity index (χ0) is 21.9. The zero-order valence-corrected chi connectivity index (χ0v) is 19.4. The van der Waals surface area contributed by atoms with Crippen LogP contribution in [0.5, 0.6) is 0 Å². The molecule has 3 unspecified atom stereocenters.